The lowest BCUT2D eigenvalue weighted by Crippen LogP contribution is -2.32. The summed E-state index contributed by atoms with van der Waals surface area (Å²) in [4.78, 5) is 21.7. The van der Waals surface area contributed by atoms with Gasteiger partial charge in [0, 0.05) is 46.6 Å². The minimum atomic E-state index is -0.513. The Bertz CT molecular complexity index is 935. The molecule has 0 bridgehead atoms. The van der Waals surface area contributed by atoms with Crippen molar-refractivity contribution in [2.75, 3.05) is 31.2 Å². The van der Waals surface area contributed by atoms with Crippen LogP contribution in [0.2, 0.25) is 0 Å². The summed E-state index contributed by atoms with van der Waals surface area (Å²) in [7, 11) is 2.10. The number of carbonyl (C=O) groups is 1. The molecule has 1 aliphatic heterocycles. The van der Waals surface area contributed by atoms with Gasteiger partial charge in [0.25, 0.3) is 0 Å². The Balaban J connectivity index is 1.86. The number of hydrogen-bond acceptors (Lipinski definition) is 6. The molecule has 7 nitrogen and oxygen atoms in total. The summed E-state index contributed by atoms with van der Waals surface area (Å²) in [5, 5.41) is 2.42. The molecule has 1 aromatic carbocycles. The lowest BCUT2D eigenvalue weighted by molar-refractivity contribution is -0.105. The maximum Gasteiger partial charge on any atom is 0.211 e. The number of piperidine rings is 1. The zero-order valence-electron chi connectivity index (χ0n) is 16.3. The molecule has 29 heavy (non-hydrogen) atoms. The monoisotopic (exact) mass is 396 g/mol. The molecular formula is C21H25FN6O. The normalized spacial score (nSPS) is 16.3. The third kappa shape index (κ3) is 4.97. The van der Waals surface area contributed by atoms with Gasteiger partial charge < -0.3 is 21.7 Å². The molecule has 2 heterocycles. The SMILES string of the molecule is CN1CCC(N=CC(=CN)c2cnc(N)c(-c3ccc(NC=O)cc3F)c2)CC1. The molecule has 0 atom stereocenters. The Labute approximate surface area is 169 Å². The van der Waals surface area contributed by atoms with E-state index in [4.69, 9.17) is 11.5 Å². The predicted molar refractivity (Wildman–Crippen MR) is 115 cm³/mol. The van der Waals surface area contributed by atoms with Gasteiger partial charge in [0.15, 0.2) is 0 Å². The molecule has 1 amide bonds. The second-order valence-electron chi connectivity index (χ2n) is 7.05. The third-order valence-corrected chi connectivity index (χ3v) is 5.03. The number of carbonyl (C=O) groups excluding carboxylic acids is 1. The van der Waals surface area contributed by atoms with E-state index in [0.717, 1.165) is 25.9 Å². The highest BCUT2D eigenvalue weighted by Crippen LogP contribution is 2.31. The van der Waals surface area contributed by atoms with Gasteiger partial charge in [0.05, 0.1) is 6.04 Å². The van der Waals surface area contributed by atoms with Crippen LogP contribution in [0, 0.1) is 5.82 Å². The van der Waals surface area contributed by atoms with E-state index in [1.807, 2.05) is 0 Å². The van der Waals surface area contributed by atoms with E-state index < -0.39 is 5.82 Å². The summed E-state index contributed by atoms with van der Waals surface area (Å²) in [5.41, 5.74) is 14.3. The topological polar surface area (TPSA) is 110 Å². The molecule has 1 saturated heterocycles. The van der Waals surface area contributed by atoms with Gasteiger partial charge in [-0.15, -0.1) is 0 Å². The zero-order valence-corrected chi connectivity index (χ0v) is 16.3. The molecule has 3 rings (SSSR count). The Morgan fingerprint density at radius 2 is 2.07 bits per heavy atom. The predicted octanol–water partition coefficient (Wildman–Crippen LogP) is 2.50. The lowest BCUT2D eigenvalue weighted by atomic mass is 10.0. The van der Waals surface area contributed by atoms with Gasteiger partial charge in [-0.1, -0.05) is 0 Å². The van der Waals surface area contributed by atoms with Crippen molar-refractivity contribution in [1.29, 1.82) is 0 Å². The third-order valence-electron chi connectivity index (χ3n) is 5.03. The van der Waals surface area contributed by atoms with E-state index in [0.29, 0.717) is 28.8 Å². The number of hydrogen-bond donors (Lipinski definition) is 3. The molecule has 1 aliphatic rings. The molecule has 8 heteroatoms. The minimum absolute atomic E-state index is 0.201. The fraction of sp³-hybridized carbons (Fsp3) is 0.286. The van der Waals surface area contributed by atoms with Crippen molar-refractivity contribution >= 4 is 29.7 Å². The number of likely N-dealkylation sites (tertiary alicyclic amines) is 1. The van der Waals surface area contributed by atoms with Crippen LogP contribution in [0.3, 0.4) is 0 Å². The van der Waals surface area contributed by atoms with E-state index in [1.54, 1.807) is 30.6 Å². The van der Waals surface area contributed by atoms with Crippen molar-refractivity contribution in [3.05, 3.63) is 48.0 Å². The van der Waals surface area contributed by atoms with Crippen molar-refractivity contribution in [2.24, 2.45) is 10.7 Å². The van der Waals surface area contributed by atoms with Crippen molar-refractivity contribution < 1.29 is 9.18 Å². The van der Waals surface area contributed by atoms with Crippen LogP contribution in [-0.2, 0) is 4.79 Å². The number of allylic oxidation sites excluding steroid dienone is 1. The van der Waals surface area contributed by atoms with Gasteiger partial charge in [-0.3, -0.25) is 9.79 Å². The number of aliphatic imine (C=N–C) groups is 1. The molecule has 0 spiro atoms. The molecule has 0 aliphatic carbocycles. The smallest absolute Gasteiger partial charge is 0.211 e. The van der Waals surface area contributed by atoms with Gasteiger partial charge in [-0.25, -0.2) is 9.37 Å². The van der Waals surface area contributed by atoms with Crippen LogP contribution in [0.15, 0.2) is 41.7 Å². The molecule has 0 saturated carbocycles. The van der Waals surface area contributed by atoms with E-state index in [1.165, 1.54) is 12.3 Å². The first-order chi connectivity index (χ1) is 14.0. The van der Waals surface area contributed by atoms with Crippen molar-refractivity contribution in [3.8, 4) is 11.1 Å². The van der Waals surface area contributed by atoms with Crippen LogP contribution < -0.4 is 16.8 Å². The molecule has 0 unspecified atom stereocenters. The number of rotatable bonds is 6. The standard InChI is InChI=1S/C21H25FN6O/c1-28-6-4-16(5-7-28)25-12-15(10-23)14-8-19(21(24)26-11-14)18-3-2-17(27-13-29)9-20(18)22/h2-3,8-13,16H,4-7,23H2,1H3,(H2,24,26)(H,27,29). The first-order valence-corrected chi connectivity index (χ1v) is 9.41. The Kier molecular flexibility index (Phi) is 6.56. The fourth-order valence-corrected chi connectivity index (χ4v) is 3.28. The summed E-state index contributed by atoms with van der Waals surface area (Å²) in [5.74, 6) is -0.312. The average Bonchev–Trinajstić information content (AvgIpc) is 2.71. The zero-order chi connectivity index (χ0) is 20.8. The highest BCUT2D eigenvalue weighted by atomic mass is 19.1. The van der Waals surface area contributed by atoms with E-state index in [-0.39, 0.29) is 17.4 Å². The number of nitrogens with two attached hydrogens (primary N) is 2. The highest BCUT2D eigenvalue weighted by Gasteiger charge is 2.16. The molecule has 0 radical (unpaired) electrons. The van der Waals surface area contributed by atoms with Crippen molar-refractivity contribution in [3.63, 3.8) is 0 Å². The van der Waals surface area contributed by atoms with Gasteiger partial charge in [0.1, 0.15) is 11.6 Å². The van der Waals surface area contributed by atoms with E-state index in [2.05, 4.69) is 27.2 Å². The van der Waals surface area contributed by atoms with Crippen LogP contribution in [0.5, 0.6) is 0 Å². The average molecular weight is 396 g/mol. The van der Waals surface area contributed by atoms with Gasteiger partial charge in [0.2, 0.25) is 6.41 Å². The fourth-order valence-electron chi connectivity index (χ4n) is 3.28. The number of halogens is 1. The van der Waals surface area contributed by atoms with Crippen LogP contribution >= 0.6 is 0 Å². The molecule has 1 fully saturated rings. The second kappa shape index (κ2) is 9.29. The Hall–Kier alpha value is -3.26. The first-order valence-electron chi connectivity index (χ1n) is 9.41. The number of nitrogens with one attached hydrogen (secondary N) is 1. The van der Waals surface area contributed by atoms with E-state index >= 15 is 0 Å². The largest absolute Gasteiger partial charge is 0.404 e. The van der Waals surface area contributed by atoms with Crippen molar-refractivity contribution in [1.82, 2.24) is 9.88 Å². The van der Waals surface area contributed by atoms with Crippen LogP contribution in [0.25, 0.3) is 16.7 Å². The molecule has 152 valence electrons. The number of nitrogens with zero attached hydrogens (tertiary/aromatic N) is 3. The second-order valence-corrected chi connectivity index (χ2v) is 7.05. The summed E-state index contributed by atoms with van der Waals surface area (Å²) in [6.45, 7) is 2.04. The van der Waals surface area contributed by atoms with E-state index in [9.17, 15) is 9.18 Å². The maximum atomic E-state index is 14.6. The Morgan fingerprint density at radius 1 is 1.31 bits per heavy atom. The molecule has 5 N–H and O–H groups in total. The number of benzene rings is 1. The molecular weight excluding hydrogens is 371 g/mol. The van der Waals surface area contributed by atoms with Gasteiger partial charge in [-0.2, -0.15) is 0 Å². The Morgan fingerprint density at radius 3 is 2.72 bits per heavy atom. The highest BCUT2D eigenvalue weighted by molar-refractivity contribution is 6.10. The maximum absolute atomic E-state index is 14.6. The summed E-state index contributed by atoms with van der Waals surface area (Å²) in [6.07, 6.45) is 7.31. The van der Waals surface area contributed by atoms with Crippen LogP contribution in [0.1, 0.15) is 18.4 Å². The number of pyridine rings is 1. The quantitative estimate of drug-likeness (QED) is 0.513. The molecule has 1 aromatic heterocycles. The minimum Gasteiger partial charge on any atom is -0.404 e. The molecule has 2 aromatic rings. The number of anilines is 2. The number of aromatic nitrogens is 1. The number of nitrogen functional groups attached to an aromatic ring is 1. The first kappa shape index (κ1) is 20.5. The summed E-state index contributed by atoms with van der Waals surface area (Å²) in [6, 6.07) is 6.39. The lowest BCUT2D eigenvalue weighted by Gasteiger charge is -2.26. The summed E-state index contributed by atoms with van der Waals surface area (Å²) >= 11 is 0. The van der Waals surface area contributed by atoms with Gasteiger partial charge >= 0.3 is 0 Å². The number of amides is 1. The summed E-state index contributed by atoms with van der Waals surface area (Å²) < 4.78 is 14.6. The van der Waals surface area contributed by atoms with Crippen LogP contribution in [0.4, 0.5) is 15.9 Å². The van der Waals surface area contributed by atoms with Crippen molar-refractivity contribution in [2.45, 2.75) is 18.9 Å². The van der Waals surface area contributed by atoms with Gasteiger partial charge in [-0.05, 0) is 57.2 Å². The van der Waals surface area contributed by atoms with Crippen LogP contribution in [-0.4, -0.2) is 48.7 Å².